The second-order valence-corrected chi connectivity index (χ2v) is 7.09. The van der Waals surface area contributed by atoms with E-state index in [0.717, 1.165) is 28.9 Å². The predicted octanol–water partition coefficient (Wildman–Crippen LogP) is 4.46. The van der Waals surface area contributed by atoms with Crippen molar-refractivity contribution in [2.24, 2.45) is 5.92 Å². The van der Waals surface area contributed by atoms with Gasteiger partial charge in [0.2, 0.25) is 0 Å². The number of urea groups is 1. The van der Waals surface area contributed by atoms with Crippen molar-refractivity contribution < 1.29 is 4.79 Å². The van der Waals surface area contributed by atoms with E-state index in [1.165, 1.54) is 12.8 Å². The Kier molecular flexibility index (Phi) is 3.75. The number of piperidine rings is 1. The summed E-state index contributed by atoms with van der Waals surface area (Å²) < 4.78 is 0. The Balaban J connectivity index is 1.54. The Morgan fingerprint density at radius 3 is 2.83 bits per heavy atom. The zero-order valence-corrected chi connectivity index (χ0v) is 14.2. The van der Waals surface area contributed by atoms with Crippen molar-refractivity contribution in [3.8, 4) is 11.3 Å². The van der Waals surface area contributed by atoms with Gasteiger partial charge in [0.1, 0.15) is 0 Å². The van der Waals surface area contributed by atoms with E-state index >= 15 is 0 Å². The fourth-order valence-electron chi connectivity index (χ4n) is 4.05. The number of pyridine rings is 1. The maximum Gasteiger partial charge on any atom is 0.322 e. The Morgan fingerprint density at radius 2 is 2.12 bits per heavy atom. The van der Waals surface area contributed by atoms with Crippen LogP contribution in [0.3, 0.4) is 0 Å². The smallest absolute Gasteiger partial charge is 0.318 e. The first-order valence-electron chi connectivity index (χ1n) is 8.75. The maximum absolute atomic E-state index is 12.7. The summed E-state index contributed by atoms with van der Waals surface area (Å²) in [6, 6.07) is 12.8. The third-order valence-electron chi connectivity index (χ3n) is 5.54. The monoisotopic (exact) mass is 321 g/mol. The Morgan fingerprint density at radius 1 is 1.25 bits per heavy atom. The molecule has 0 aliphatic carbocycles. The molecule has 124 valence electrons. The predicted molar refractivity (Wildman–Crippen MR) is 95.9 cm³/mol. The van der Waals surface area contributed by atoms with Crippen LogP contribution in [0.2, 0.25) is 0 Å². The zero-order valence-electron chi connectivity index (χ0n) is 14.2. The second kappa shape index (κ2) is 5.93. The summed E-state index contributed by atoms with van der Waals surface area (Å²) in [6.07, 6.45) is 5.34. The fraction of sp³-hybridized carbons (Fsp3) is 0.400. The number of aromatic nitrogens is 1. The van der Waals surface area contributed by atoms with Crippen molar-refractivity contribution in [3.05, 3.63) is 48.2 Å². The highest BCUT2D eigenvalue weighted by Gasteiger charge is 2.47. The minimum Gasteiger partial charge on any atom is -0.318 e. The van der Waals surface area contributed by atoms with Gasteiger partial charge in [-0.3, -0.25) is 4.98 Å². The molecule has 3 heterocycles. The maximum atomic E-state index is 12.7. The SMILES string of the molecule is Cc1ccc(NC(=O)N2C3CC[C@@H](C)C2C3)cc1-c1ccccn1. The van der Waals surface area contributed by atoms with Gasteiger partial charge in [-0.25, -0.2) is 4.79 Å². The standard InChI is InChI=1S/C20H23N3O/c1-13-6-8-15(11-17(13)18-5-3-4-10-21-18)22-20(24)23-16-9-7-14(2)19(23)12-16/h3-6,8,10-11,14,16,19H,7,9,12H2,1-2H3,(H,22,24)/t14-,16?,19?/m1/s1. The van der Waals surface area contributed by atoms with Gasteiger partial charge in [-0.2, -0.15) is 0 Å². The van der Waals surface area contributed by atoms with Gasteiger partial charge in [-0.15, -0.1) is 0 Å². The van der Waals surface area contributed by atoms with E-state index in [1.807, 2.05) is 36.4 Å². The van der Waals surface area contributed by atoms with Crippen molar-refractivity contribution in [2.75, 3.05) is 5.32 Å². The summed E-state index contributed by atoms with van der Waals surface area (Å²) in [5, 5.41) is 3.09. The molecule has 4 nitrogen and oxygen atoms in total. The molecule has 2 aliphatic rings. The minimum absolute atomic E-state index is 0.0404. The van der Waals surface area contributed by atoms with Gasteiger partial charge >= 0.3 is 6.03 Å². The summed E-state index contributed by atoms with van der Waals surface area (Å²) in [6.45, 7) is 4.32. The number of carbonyl (C=O) groups excluding carboxylic acids is 1. The number of hydrogen-bond donors (Lipinski definition) is 1. The average Bonchev–Trinajstić information content (AvgIpc) is 2.57. The molecule has 1 N–H and O–H groups in total. The quantitative estimate of drug-likeness (QED) is 0.887. The normalized spacial score (nSPS) is 25.1. The van der Waals surface area contributed by atoms with Gasteiger partial charge < -0.3 is 10.2 Å². The summed E-state index contributed by atoms with van der Waals surface area (Å²) in [5.74, 6) is 0.614. The molecular weight excluding hydrogens is 298 g/mol. The largest absolute Gasteiger partial charge is 0.322 e. The van der Waals surface area contributed by atoms with Crippen LogP contribution < -0.4 is 5.32 Å². The molecular formula is C20H23N3O. The third kappa shape index (κ3) is 2.56. The summed E-state index contributed by atoms with van der Waals surface area (Å²) in [4.78, 5) is 19.2. The molecule has 1 aromatic heterocycles. The number of anilines is 1. The Labute approximate surface area is 142 Å². The molecule has 2 unspecified atom stereocenters. The van der Waals surface area contributed by atoms with E-state index in [2.05, 4.69) is 29.0 Å². The number of rotatable bonds is 2. The van der Waals surface area contributed by atoms with Crippen molar-refractivity contribution in [3.63, 3.8) is 0 Å². The molecule has 2 aromatic rings. The molecule has 0 spiro atoms. The summed E-state index contributed by atoms with van der Waals surface area (Å²) in [7, 11) is 0. The van der Waals surface area contributed by atoms with Crippen LogP contribution in [0, 0.1) is 12.8 Å². The molecule has 2 bridgehead atoms. The van der Waals surface area contributed by atoms with Crippen molar-refractivity contribution in [1.82, 2.24) is 9.88 Å². The molecule has 0 radical (unpaired) electrons. The van der Waals surface area contributed by atoms with Gasteiger partial charge in [-0.1, -0.05) is 19.1 Å². The second-order valence-electron chi connectivity index (χ2n) is 7.09. The molecule has 0 saturated carbocycles. The lowest BCUT2D eigenvalue weighted by molar-refractivity contribution is -0.0178. The van der Waals surface area contributed by atoms with E-state index in [-0.39, 0.29) is 6.03 Å². The molecule has 2 aliphatic heterocycles. The fourth-order valence-corrected chi connectivity index (χ4v) is 4.05. The molecule has 4 heteroatoms. The first kappa shape index (κ1) is 15.2. The zero-order chi connectivity index (χ0) is 16.7. The molecule has 24 heavy (non-hydrogen) atoms. The van der Waals surface area contributed by atoms with Gasteiger partial charge in [0.25, 0.3) is 0 Å². The van der Waals surface area contributed by atoms with Crippen LogP contribution >= 0.6 is 0 Å². The lowest BCUT2D eigenvalue weighted by Crippen LogP contribution is -2.64. The third-order valence-corrected chi connectivity index (χ3v) is 5.54. The van der Waals surface area contributed by atoms with Crippen molar-refractivity contribution in [1.29, 1.82) is 0 Å². The number of amides is 2. The van der Waals surface area contributed by atoms with Crippen LogP contribution in [0.25, 0.3) is 11.3 Å². The lowest BCUT2D eigenvalue weighted by Gasteiger charge is -2.55. The van der Waals surface area contributed by atoms with E-state index in [0.29, 0.717) is 18.0 Å². The van der Waals surface area contributed by atoms with Crippen LogP contribution in [0.4, 0.5) is 10.5 Å². The minimum atomic E-state index is 0.0404. The molecule has 4 rings (SSSR count). The molecule has 3 atom stereocenters. The van der Waals surface area contributed by atoms with Gasteiger partial charge in [0.15, 0.2) is 0 Å². The van der Waals surface area contributed by atoms with E-state index in [9.17, 15) is 4.79 Å². The van der Waals surface area contributed by atoms with Crippen LogP contribution in [-0.4, -0.2) is 28.0 Å². The van der Waals surface area contributed by atoms with Crippen LogP contribution in [0.5, 0.6) is 0 Å². The molecule has 1 aromatic carbocycles. The topological polar surface area (TPSA) is 45.2 Å². The molecule has 2 saturated heterocycles. The van der Waals surface area contributed by atoms with E-state index in [1.54, 1.807) is 6.20 Å². The number of nitrogens with one attached hydrogen (secondary N) is 1. The van der Waals surface area contributed by atoms with E-state index in [4.69, 9.17) is 0 Å². The van der Waals surface area contributed by atoms with Crippen LogP contribution in [0.1, 0.15) is 31.7 Å². The van der Waals surface area contributed by atoms with Crippen molar-refractivity contribution >= 4 is 11.7 Å². The Hall–Kier alpha value is -2.36. The average molecular weight is 321 g/mol. The number of benzene rings is 1. The number of hydrogen-bond acceptors (Lipinski definition) is 2. The first-order chi connectivity index (χ1) is 11.6. The van der Waals surface area contributed by atoms with Crippen LogP contribution in [-0.2, 0) is 0 Å². The summed E-state index contributed by atoms with van der Waals surface area (Å²) in [5.41, 5.74) is 3.98. The summed E-state index contributed by atoms with van der Waals surface area (Å²) >= 11 is 0. The number of nitrogens with zero attached hydrogens (tertiary/aromatic N) is 2. The number of carbonyl (C=O) groups is 1. The molecule has 2 fully saturated rings. The van der Waals surface area contributed by atoms with Crippen molar-refractivity contribution in [2.45, 2.75) is 45.2 Å². The first-order valence-corrected chi connectivity index (χ1v) is 8.75. The van der Waals surface area contributed by atoms with Gasteiger partial charge in [0, 0.05) is 29.5 Å². The van der Waals surface area contributed by atoms with Crippen LogP contribution in [0.15, 0.2) is 42.6 Å². The molecule has 2 amide bonds. The number of fused-ring (bicyclic) bond motifs is 2. The highest BCUT2D eigenvalue weighted by molar-refractivity contribution is 5.91. The highest BCUT2D eigenvalue weighted by Crippen LogP contribution is 2.42. The highest BCUT2D eigenvalue weighted by atomic mass is 16.2. The van der Waals surface area contributed by atoms with E-state index < -0.39 is 0 Å². The van der Waals surface area contributed by atoms with Gasteiger partial charge in [-0.05, 0) is 61.9 Å². The number of aryl methyl sites for hydroxylation is 1. The Bertz CT molecular complexity index is 757. The lowest BCUT2D eigenvalue weighted by atomic mass is 9.73. The van der Waals surface area contributed by atoms with Gasteiger partial charge in [0.05, 0.1) is 5.69 Å².